The standard InChI is InChI=1S/C62H91N5O14S/c1-37-28-38(2)30-47(76-8)35-48(77-9)32-40(4)62(75,79-11)57(71)59(72)67-26-13-12-14-50(67)60(73)81-56(39(3)31-42-15-21-51(68)54(33-42)78-10)41(5)52(69)36-53(70)44(29-37)23-27-80-61(74)64-25-24-63-45-18-22-55-49(34-45)65-58(82-55)43-16-19-46(20-17-43)66(6)7/h16-20,22,29,31,34,38,40-42,44,47-48,50-52,54,56,63,68-69,75H,12-15,21,23-28,30,32-33,35-36H2,1-11H3,(H,64,74)/b37-29+,39-31+/t38-,40+,41+,42-,44+,47-,48-,50-,51+,52-,54+,56+,62+/m0/s1. The van der Waals surface area contributed by atoms with Crippen LogP contribution >= 0.6 is 11.3 Å². The molecule has 0 bridgehead atoms. The summed E-state index contributed by atoms with van der Waals surface area (Å²) in [5, 5.41) is 41.7. The Morgan fingerprint density at radius 3 is 2.29 bits per heavy atom. The summed E-state index contributed by atoms with van der Waals surface area (Å²) in [6.07, 6.45) is 3.19. The lowest BCUT2D eigenvalue weighted by atomic mass is 9.81. The fraction of sp³-hybridized carbons (Fsp3) is 0.645. The van der Waals surface area contributed by atoms with Crippen molar-refractivity contribution in [2.24, 2.45) is 29.6 Å². The number of rotatable bonds is 15. The molecule has 1 aliphatic carbocycles. The summed E-state index contributed by atoms with van der Waals surface area (Å²) in [6.45, 7) is 9.72. The molecule has 2 amide bonds. The molecule has 5 N–H and O–H groups in total. The van der Waals surface area contributed by atoms with E-state index in [1.54, 1.807) is 46.3 Å². The molecule has 0 unspecified atom stereocenters. The molecule has 0 radical (unpaired) electrons. The van der Waals surface area contributed by atoms with Gasteiger partial charge in [-0.15, -0.1) is 11.3 Å². The number of piperidine rings is 1. The van der Waals surface area contributed by atoms with Crippen molar-refractivity contribution in [2.45, 2.75) is 160 Å². The van der Waals surface area contributed by atoms with Crippen LogP contribution in [0.1, 0.15) is 112 Å². The predicted octanol–water partition coefficient (Wildman–Crippen LogP) is 8.27. The zero-order valence-electron chi connectivity index (χ0n) is 50.0. The second-order valence-electron chi connectivity index (χ2n) is 23.2. The number of ketones is 2. The summed E-state index contributed by atoms with van der Waals surface area (Å²) in [6, 6.07) is 13.1. The number of fused-ring (bicyclic) bond motifs is 2. The van der Waals surface area contributed by atoms with Crippen molar-refractivity contribution in [3.8, 4) is 10.6 Å². The van der Waals surface area contributed by atoms with Gasteiger partial charge in [0.25, 0.3) is 11.7 Å². The molecule has 2 aliphatic heterocycles. The number of methoxy groups -OCH3 is 4. The third-order valence-corrected chi connectivity index (χ3v) is 17.9. The maximum absolute atomic E-state index is 14.6. The van der Waals surface area contributed by atoms with Gasteiger partial charge in [-0.05, 0) is 144 Å². The highest BCUT2D eigenvalue weighted by Crippen LogP contribution is 2.36. The smallest absolute Gasteiger partial charge is 0.407 e. The summed E-state index contributed by atoms with van der Waals surface area (Å²) in [5.74, 6) is -8.56. The number of carbonyl (C=O) groups excluding carboxylic acids is 5. The van der Waals surface area contributed by atoms with Crippen molar-refractivity contribution in [1.29, 1.82) is 0 Å². The van der Waals surface area contributed by atoms with E-state index in [0.717, 1.165) is 49.7 Å². The second kappa shape index (κ2) is 31.0. The maximum Gasteiger partial charge on any atom is 0.407 e. The molecule has 2 aromatic carbocycles. The van der Waals surface area contributed by atoms with Gasteiger partial charge in [0.05, 0.1) is 47.3 Å². The van der Waals surface area contributed by atoms with Gasteiger partial charge in [-0.1, -0.05) is 38.5 Å². The summed E-state index contributed by atoms with van der Waals surface area (Å²) >= 11 is 1.62. The first-order valence-corrected chi connectivity index (χ1v) is 29.9. The molecular weight excluding hydrogens is 1070 g/mol. The van der Waals surface area contributed by atoms with Gasteiger partial charge >= 0.3 is 12.1 Å². The van der Waals surface area contributed by atoms with Crippen LogP contribution in [0.2, 0.25) is 0 Å². The van der Waals surface area contributed by atoms with Crippen LogP contribution in [0.25, 0.3) is 20.8 Å². The monoisotopic (exact) mass is 1160 g/mol. The number of hydrogen-bond acceptors (Lipinski definition) is 18. The molecule has 6 rings (SSSR count). The molecule has 13 atom stereocenters. The van der Waals surface area contributed by atoms with Crippen LogP contribution in [0.5, 0.6) is 0 Å². The van der Waals surface area contributed by atoms with E-state index >= 15 is 0 Å². The number of aliphatic hydroxyl groups is 3. The number of nitrogens with one attached hydrogen (secondary N) is 2. The minimum atomic E-state index is -2.55. The van der Waals surface area contributed by atoms with Crippen LogP contribution in [0, 0.1) is 29.6 Å². The maximum atomic E-state index is 14.6. The van der Waals surface area contributed by atoms with Crippen LogP contribution in [0.3, 0.4) is 0 Å². The minimum Gasteiger partial charge on any atom is -0.456 e. The highest BCUT2D eigenvalue weighted by molar-refractivity contribution is 7.21. The number of aliphatic hydroxyl groups excluding tert-OH is 2. The Balaban J connectivity index is 1.20. The van der Waals surface area contributed by atoms with Crippen molar-refractivity contribution in [1.82, 2.24) is 15.2 Å². The molecular formula is C62H91N5O14S. The molecule has 2 fully saturated rings. The van der Waals surface area contributed by atoms with Gasteiger partial charge in [0, 0.05) is 103 Å². The van der Waals surface area contributed by atoms with E-state index in [0.29, 0.717) is 63.5 Å². The highest BCUT2D eigenvalue weighted by Gasteiger charge is 2.50. The van der Waals surface area contributed by atoms with Gasteiger partial charge in [0.15, 0.2) is 0 Å². The van der Waals surface area contributed by atoms with E-state index in [2.05, 4.69) is 46.7 Å². The number of cyclic esters (lactones) is 1. The summed E-state index contributed by atoms with van der Waals surface area (Å²) in [4.78, 5) is 78.9. The summed E-state index contributed by atoms with van der Waals surface area (Å²) in [7, 11) is 9.86. The van der Waals surface area contributed by atoms with Crippen molar-refractivity contribution in [2.75, 3.05) is 79.0 Å². The Bertz CT molecular complexity index is 2660. The largest absolute Gasteiger partial charge is 0.456 e. The molecule has 82 heavy (non-hydrogen) atoms. The lowest BCUT2D eigenvalue weighted by Gasteiger charge is -2.39. The molecule has 454 valence electrons. The first-order chi connectivity index (χ1) is 39.1. The Hall–Kier alpha value is -5.32. The Kier molecular flexibility index (Phi) is 24.9. The normalized spacial score (nSPS) is 30.7. The molecule has 1 saturated carbocycles. The lowest BCUT2D eigenvalue weighted by molar-refractivity contribution is -0.220. The fourth-order valence-corrected chi connectivity index (χ4v) is 12.8. The van der Waals surface area contributed by atoms with Gasteiger partial charge in [-0.2, -0.15) is 0 Å². The molecule has 0 spiro atoms. The molecule has 3 aromatic rings. The minimum absolute atomic E-state index is 0.0412. The third kappa shape index (κ3) is 17.6. The predicted molar refractivity (Wildman–Crippen MR) is 316 cm³/mol. The van der Waals surface area contributed by atoms with E-state index in [1.165, 1.54) is 7.11 Å². The van der Waals surface area contributed by atoms with Crippen molar-refractivity contribution in [3.05, 3.63) is 65.8 Å². The second-order valence-corrected chi connectivity index (χ2v) is 24.2. The van der Waals surface area contributed by atoms with E-state index in [-0.39, 0.29) is 69.1 Å². The Morgan fingerprint density at radius 1 is 0.890 bits per heavy atom. The van der Waals surface area contributed by atoms with Crippen LogP contribution in [0.15, 0.2) is 65.8 Å². The van der Waals surface area contributed by atoms with Crippen LogP contribution < -0.4 is 15.5 Å². The Labute approximate surface area is 488 Å². The summed E-state index contributed by atoms with van der Waals surface area (Å²) < 4.78 is 35.9. The SMILES string of the molecule is CO[C@@H]1C[C@@H](OC)C[C@@H](C)C/C(C)=C/[C@@H](CCOC(=O)NCCNc2ccc3sc(-c4ccc(N(C)C)cc4)nc3c2)C(=O)C[C@H](O)[C@@H](C)[C@@H](/C(C)=C/[C@@H]2CC[C@@H](O)[C@H](OC)C2)OC(=O)[C@@H]2CCCCN2C(=O)C(=O)[C@](O)(OC)[C@H](C)C1. The third-order valence-electron chi connectivity index (χ3n) is 16.8. The zero-order chi connectivity index (χ0) is 59.8. The van der Waals surface area contributed by atoms with Crippen molar-refractivity contribution < 1.29 is 67.7 Å². The van der Waals surface area contributed by atoms with Gasteiger partial charge in [-0.3, -0.25) is 14.4 Å². The highest BCUT2D eigenvalue weighted by atomic mass is 32.1. The fourth-order valence-electron chi connectivity index (χ4n) is 11.8. The molecule has 20 heteroatoms. The quantitative estimate of drug-likeness (QED) is 0.0316. The molecule has 1 saturated heterocycles. The average Bonchev–Trinajstić information content (AvgIpc) is 3.97. The number of thiazole rings is 1. The average molecular weight is 1160 g/mol. The number of carbonyl (C=O) groups is 5. The first kappa shape index (κ1) is 65.8. The van der Waals surface area contributed by atoms with E-state index in [9.17, 15) is 39.3 Å². The molecule has 3 heterocycles. The zero-order valence-corrected chi connectivity index (χ0v) is 50.8. The Morgan fingerprint density at radius 2 is 1.61 bits per heavy atom. The number of amides is 2. The van der Waals surface area contributed by atoms with Gasteiger partial charge in [0.2, 0.25) is 5.79 Å². The molecule has 19 nitrogen and oxygen atoms in total. The van der Waals surface area contributed by atoms with Crippen molar-refractivity contribution >= 4 is 62.5 Å². The summed E-state index contributed by atoms with van der Waals surface area (Å²) in [5.41, 5.74) is 5.37. The number of allylic oxidation sites excluding steroid dienone is 3. The number of ether oxygens (including phenoxy) is 6. The number of benzene rings is 2. The molecule has 3 aliphatic rings. The van der Waals surface area contributed by atoms with Crippen molar-refractivity contribution in [3.63, 3.8) is 0 Å². The van der Waals surface area contributed by atoms with E-state index in [1.807, 2.05) is 51.4 Å². The number of hydrogen-bond donors (Lipinski definition) is 5. The number of esters is 1. The van der Waals surface area contributed by atoms with Crippen LogP contribution in [0.4, 0.5) is 16.2 Å². The first-order valence-electron chi connectivity index (χ1n) is 29.1. The lowest BCUT2D eigenvalue weighted by Crippen LogP contribution is -2.58. The van der Waals surface area contributed by atoms with Crippen LogP contribution in [-0.2, 0) is 47.6 Å². The van der Waals surface area contributed by atoms with Gasteiger partial charge in [0.1, 0.15) is 22.9 Å². The number of aromatic nitrogens is 1. The number of Topliss-reactive ketones (excluding diaryl/α,β-unsaturated/α-hetero) is 2. The van der Waals surface area contributed by atoms with Gasteiger partial charge < -0.3 is 64.2 Å². The van der Waals surface area contributed by atoms with E-state index < -0.39 is 83.9 Å². The van der Waals surface area contributed by atoms with E-state index in [4.69, 9.17) is 33.4 Å². The van der Waals surface area contributed by atoms with Gasteiger partial charge in [-0.25, -0.2) is 14.6 Å². The number of alkyl carbamates (subject to hydrolysis) is 1. The molecule has 1 aromatic heterocycles. The number of anilines is 2. The van der Waals surface area contributed by atoms with Crippen LogP contribution in [-0.4, -0.2) is 172 Å². The topological polar surface area (TPSA) is 245 Å². The number of nitrogens with zero attached hydrogens (tertiary/aromatic N) is 3.